The lowest BCUT2D eigenvalue weighted by atomic mass is 10.1. The van der Waals surface area contributed by atoms with Crippen LogP contribution in [0.25, 0.3) is 10.9 Å². The Morgan fingerprint density at radius 3 is 2.89 bits per heavy atom. The van der Waals surface area contributed by atoms with Crippen LogP contribution in [0.3, 0.4) is 0 Å². The van der Waals surface area contributed by atoms with Gasteiger partial charge in [-0.3, -0.25) is 0 Å². The SMILES string of the molecule is CCNCc1cc(NC2CC2)nc2ccccc12. The Kier molecular flexibility index (Phi) is 3.15. The van der Waals surface area contributed by atoms with Crippen LogP contribution in [0.4, 0.5) is 5.82 Å². The predicted molar refractivity (Wildman–Crippen MR) is 75.8 cm³/mol. The molecule has 1 aromatic heterocycles. The van der Waals surface area contributed by atoms with Gasteiger partial charge in [-0.1, -0.05) is 25.1 Å². The van der Waals surface area contributed by atoms with E-state index in [4.69, 9.17) is 0 Å². The highest BCUT2D eigenvalue weighted by Crippen LogP contribution is 2.26. The van der Waals surface area contributed by atoms with Crippen molar-refractivity contribution in [2.75, 3.05) is 11.9 Å². The number of pyridine rings is 1. The molecule has 3 heteroatoms. The summed E-state index contributed by atoms with van der Waals surface area (Å²) in [5.74, 6) is 1.02. The quantitative estimate of drug-likeness (QED) is 0.845. The van der Waals surface area contributed by atoms with Gasteiger partial charge >= 0.3 is 0 Å². The van der Waals surface area contributed by atoms with E-state index in [1.807, 2.05) is 6.07 Å². The average Bonchev–Trinajstić information content (AvgIpc) is 3.20. The van der Waals surface area contributed by atoms with Crippen molar-refractivity contribution in [2.45, 2.75) is 32.4 Å². The van der Waals surface area contributed by atoms with Gasteiger partial charge in [0.1, 0.15) is 5.82 Å². The lowest BCUT2D eigenvalue weighted by molar-refractivity contribution is 0.730. The topological polar surface area (TPSA) is 37.0 Å². The van der Waals surface area contributed by atoms with E-state index in [2.05, 4.69) is 46.8 Å². The van der Waals surface area contributed by atoms with E-state index in [9.17, 15) is 0 Å². The zero-order chi connectivity index (χ0) is 12.4. The lowest BCUT2D eigenvalue weighted by Crippen LogP contribution is -2.13. The Morgan fingerprint density at radius 2 is 2.11 bits per heavy atom. The monoisotopic (exact) mass is 241 g/mol. The molecule has 2 aromatic rings. The Morgan fingerprint density at radius 1 is 1.28 bits per heavy atom. The molecule has 1 aliphatic carbocycles. The summed E-state index contributed by atoms with van der Waals surface area (Å²) in [5.41, 5.74) is 2.40. The number of nitrogens with one attached hydrogen (secondary N) is 2. The first-order valence-corrected chi connectivity index (χ1v) is 6.72. The molecule has 2 N–H and O–H groups in total. The molecule has 0 unspecified atom stereocenters. The smallest absolute Gasteiger partial charge is 0.127 e. The van der Waals surface area contributed by atoms with Crippen LogP contribution in [0.2, 0.25) is 0 Å². The molecule has 0 amide bonds. The van der Waals surface area contributed by atoms with Gasteiger partial charge in [0.2, 0.25) is 0 Å². The highest BCUT2D eigenvalue weighted by Gasteiger charge is 2.21. The van der Waals surface area contributed by atoms with Gasteiger partial charge in [-0.05, 0) is 37.1 Å². The first-order chi connectivity index (χ1) is 8.86. The second-order valence-electron chi connectivity index (χ2n) is 4.88. The van der Waals surface area contributed by atoms with Crippen LogP contribution >= 0.6 is 0 Å². The van der Waals surface area contributed by atoms with E-state index in [-0.39, 0.29) is 0 Å². The standard InChI is InChI=1S/C15H19N3/c1-2-16-10-11-9-15(17-12-7-8-12)18-14-6-4-3-5-13(11)14/h3-6,9,12,16H,2,7-8,10H2,1H3,(H,17,18). The van der Waals surface area contributed by atoms with Gasteiger partial charge in [0.25, 0.3) is 0 Å². The van der Waals surface area contributed by atoms with Gasteiger partial charge < -0.3 is 10.6 Å². The lowest BCUT2D eigenvalue weighted by Gasteiger charge is -2.11. The summed E-state index contributed by atoms with van der Waals surface area (Å²) in [6.07, 6.45) is 2.55. The molecule has 3 rings (SSSR count). The van der Waals surface area contributed by atoms with E-state index in [1.54, 1.807) is 0 Å². The molecule has 0 saturated heterocycles. The van der Waals surface area contributed by atoms with Gasteiger partial charge in [0, 0.05) is 18.0 Å². The third kappa shape index (κ3) is 2.46. The summed E-state index contributed by atoms with van der Waals surface area (Å²) in [5, 5.41) is 8.13. The zero-order valence-electron chi connectivity index (χ0n) is 10.7. The molecule has 1 fully saturated rings. The first-order valence-electron chi connectivity index (χ1n) is 6.72. The maximum atomic E-state index is 4.69. The summed E-state index contributed by atoms with van der Waals surface area (Å²) in [6, 6.07) is 11.2. The van der Waals surface area contributed by atoms with Crippen LogP contribution in [0.15, 0.2) is 30.3 Å². The summed E-state index contributed by atoms with van der Waals surface area (Å²) >= 11 is 0. The highest BCUT2D eigenvalue weighted by molar-refractivity contribution is 5.84. The van der Waals surface area contributed by atoms with Gasteiger partial charge in [0.15, 0.2) is 0 Å². The summed E-state index contributed by atoms with van der Waals surface area (Å²) < 4.78 is 0. The van der Waals surface area contributed by atoms with Gasteiger partial charge in [0.05, 0.1) is 5.52 Å². The van der Waals surface area contributed by atoms with Gasteiger partial charge in [-0.15, -0.1) is 0 Å². The van der Waals surface area contributed by atoms with Crippen molar-refractivity contribution in [3.05, 3.63) is 35.9 Å². The molecule has 3 nitrogen and oxygen atoms in total. The second kappa shape index (κ2) is 4.94. The summed E-state index contributed by atoms with van der Waals surface area (Å²) in [6.45, 7) is 4.02. The highest BCUT2D eigenvalue weighted by atomic mass is 15.0. The van der Waals surface area contributed by atoms with Crippen molar-refractivity contribution in [2.24, 2.45) is 0 Å². The fourth-order valence-electron chi connectivity index (χ4n) is 2.16. The predicted octanol–water partition coefficient (Wildman–Crippen LogP) is 2.92. The number of anilines is 1. The number of hydrogen-bond acceptors (Lipinski definition) is 3. The largest absolute Gasteiger partial charge is 0.367 e. The molecule has 94 valence electrons. The number of hydrogen-bond donors (Lipinski definition) is 2. The van der Waals surface area contributed by atoms with Crippen LogP contribution in [0.5, 0.6) is 0 Å². The maximum Gasteiger partial charge on any atom is 0.127 e. The van der Waals surface area contributed by atoms with Gasteiger partial charge in [-0.2, -0.15) is 0 Å². The van der Waals surface area contributed by atoms with Crippen LogP contribution in [-0.4, -0.2) is 17.6 Å². The van der Waals surface area contributed by atoms with Crippen molar-refractivity contribution in [3.63, 3.8) is 0 Å². The fraction of sp³-hybridized carbons (Fsp3) is 0.400. The van der Waals surface area contributed by atoms with E-state index in [1.165, 1.54) is 23.8 Å². The molecule has 1 saturated carbocycles. The van der Waals surface area contributed by atoms with Crippen molar-refractivity contribution >= 4 is 16.7 Å². The molecule has 1 aromatic carbocycles. The number of benzene rings is 1. The van der Waals surface area contributed by atoms with Crippen LogP contribution in [0, 0.1) is 0 Å². The Labute approximate surface area is 108 Å². The average molecular weight is 241 g/mol. The summed E-state index contributed by atoms with van der Waals surface area (Å²) in [7, 11) is 0. The third-order valence-electron chi connectivity index (χ3n) is 3.30. The Bertz CT molecular complexity index is 546. The Hall–Kier alpha value is -1.61. The van der Waals surface area contributed by atoms with Crippen molar-refractivity contribution in [3.8, 4) is 0 Å². The van der Waals surface area contributed by atoms with E-state index in [0.29, 0.717) is 6.04 Å². The van der Waals surface area contributed by atoms with E-state index < -0.39 is 0 Å². The number of aromatic nitrogens is 1. The van der Waals surface area contributed by atoms with Crippen molar-refractivity contribution in [1.82, 2.24) is 10.3 Å². The molecule has 0 bridgehead atoms. The molecule has 0 radical (unpaired) electrons. The minimum absolute atomic E-state index is 0.644. The van der Waals surface area contributed by atoms with E-state index in [0.717, 1.165) is 24.4 Å². The van der Waals surface area contributed by atoms with Crippen LogP contribution in [-0.2, 0) is 6.54 Å². The minimum Gasteiger partial charge on any atom is -0.367 e. The number of nitrogens with zero attached hydrogens (tertiary/aromatic N) is 1. The molecular formula is C15H19N3. The zero-order valence-corrected chi connectivity index (χ0v) is 10.7. The third-order valence-corrected chi connectivity index (χ3v) is 3.30. The minimum atomic E-state index is 0.644. The van der Waals surface area contributed by atoms with Crippen LogP contribution < -0.4 is 10.6 Å². The molecule has 0 atom stereocenters. The van der Waals surface area contributed by atoms with Gasteiger partial charge in [-0.25, -0.2) is 4.98 Å². The number of fused-ring (bicyclic) bond motifs is 1. The normalized spacial score (nSPS) is 14.9. The van der Waals surface area contributed by atoms with Crippen LogP contribution in [0.1, 0.15) is 25.3 Å². The first kappa shape index (κ1) is 11.5. The molecule has 0 spiro atoms. The second-order valence-corrected chi connectivity index (χ2v) is 4.88. The molecule has 1 heterocycles. The van der Waals surface area contributed by atoms with Crippen molar-refractivity contribution in [1.29, 1.82) is 0 Å². The Balaban J connectivity index is 1.98. The number of rotatable bonds is 5. The number of para-hydroxylation sites is 1. The fourth-order valence-corrected chi connectivity index (χ4v) is 2.16. The maximum absolute atomic E-state index is 4.69. The molecule has 0 aliphatic heterocycles. The van der Waals surface area contributed by atoms with Crippen molar-refractivity contribution < 1.29 is 0 Å². The summed E-state index contributed by atoms with van der Waals surface area (Å²) in [4.78, 5) is 4.69. The molecular weight excluding hydrogens is 222 g/mol. The molecule has 18 heavy (non-hydrogen) atoms. The van der Waals surface area contributed by atoms with E-state index >= 15 is 0 Å². The molecule has 1 aliphatic rings.